The molecule has 3 aromatic heterocycles. The van der Waals surface area contributed by atoms with Gasteiger partial charge >= 0.3 is 0 Å². The third kappa shape index (κ3) is 3.52. The van der Waals surface area contributed by atoms with Crippen molar-refractivity contribution in [3.63, 3.8) is 0 Å². The minimum atomic E-state index is -0.547. The molecule has 3 rings (SSSR count). The zero-order valence-corrected chi connectivity index (χ0v) is 14.0. The Morgan fingerprint density at radius 1 is 1.23 bits per heavy atom. The predicted octanol–water partition coefficient (Wildman–Crippen LogP) is 1.89. The summed E-state index contributed by atoms with van der Waals surface area (Å²) >= 11 is 0. The average Bonchev–Trinajstić information content (AvgIpc) is 3.37. The second-order valence-corrected chi connectivity index (χ2v) is 5.45. The number of aromatic nitrogens is 1. The molecule has 132 valence electrons. The van der Waals surface area contributed by atoms with E-state index < -0.39 is 5.91 Å². The van der Waals surface area contributed by atoms with E-state index in [1.165, 1.54) is 6.26 Å². The Bertz CT molecular complexity index is 946. The van der Waals surface area contributed by atoms with Crippen LogP contribution >= 0.6 is 0 Å². The molecule has 0 radical (unpaired) electrons. The first-order valence-electron chi connectivity index (χ1n) is 7.84. The molecule has 0 spiro atoms. The van der Waals surface area contributed by atoms with Crippen LogP contribution in [0.4, 0.5) is 0 Å². The smallest absolute Gasteiger partial charge is 0.256 e. The van der Waals surface area contributed by atoms with Gasteiger partial charge in [-0.2, -0.15) is 5.26 Å². The summed E-state index contributed by atoms with van der Waals surface area (Å²) in [5.41, 5.74) is 0.238. The van der Waals surface area contributed by atoms with Crippen molar-refractivity contribution in [3.05, 3.63) is 65.6 Å². The van der Waals surface area contributed by atoms with Crippen LogP contribution in [0.5, 0.6) is 0 Å². The summed E-state index contributed by atoms with van der Waals surface area (Å²) in [6, 6.07) is 9.01. The topological polar surface area (TPSA) is 113 Å². The lowest BCUT2D eigenvalue weighted by Gasteiger charge is -2.05. The van der Waals surface area contributed by atoms with Crippen molar-refractivity contribution >= 4 is 11.8 Å². The number of amides is 2. The molecule has 0 saturated heterocycles. The molecule has 8 nitrogen and oxygen atoms in total. The molecule has 0 bridgehead atoms. The fraction of sp³-hybridized carbons (Fsp3) is 0.167. The lowest BCUT2D eigenvalue weighted by atomic mass is 10.1. The van der Waals surface area contributed by atoms with Gasteiger partial charge in [0.25, 0.3) is 5.91 Å². The first-order valence-corrected chi connectivity index (χ1v) is 7.84. The Morgan fingerprint density at radius 3 is 2.65 bits per heavy atom. The molecule has 26 heavy (non-hydrogen) atoms. The van der Waals surface area contributed by atoms with Gasteiger partial charge in [-0.15, -0.1) is 0 Å². The lowest BCUT2D eigenvalue weighted by molar-refractivity contribution is -0.120. The van der Waals surface area contributed by atoms with E-state index in [9.17, 15) is 14.9 Å². The van der Waals surface area contributed by atoms with Crippen LogP contribution in [-0.4, -0.2) is 22.9 Å². The van der Waals surface area contributed by atoms with Crippen LogP contribution in [-0.2, 0) is 11.3 Å². The van der Waals surface area contributed by atoms with Crippen molar-refractivity contribution in [2.45, 2.75) is 13.5 Å². The van der Waals surface area contributed by atoms with Crippen LogP contribution in [0.15, 0.2) is 51.8 Å². The van der Waals surface area contributed by atoms with Gasteiger partial charge in [0, 0.05) is 12.4 Å². The molecular formula is C18H16N4O4. The van der Waals surface area contributed by atoms with Gasteiger partial charge in [-0.05, 0) is 31.2 Å². The van der Waals surface area contributed by atoms with Crippen LogP contribution in [0.25, 0.3) is 5.88 Å². The minimum absolute atomic E-state index is 0.118. The summed E-state index contributed by atoms with van der Waals surface area (Å²) in [6.45, 7) is 1.60. The van der Waals surface area contributed by atoms with E-state index in [2.05, 4.69) is 10.6 Å². The summed E-state index contributed by atoms with van der Waals surface area (Å²) in [7, 11) is 0. The normalized spacial score (nSPS) is 10.3. The number of carbonyl (C=O) groups is 2. The molecular weight excluding hydrogens is 336 g/mol. The molecule has 0 aromatic carbocycles. The van der Waals surface area contributed by atoms with E-state index in [1.54, 1.807) is 48.1 Å². The van der Waals surface area contributed by atoms with Gasteiger partial charge in [0.05, 0.1) is 19.4 Å². The molecule has 0 fully saturated rings. The molecule has 0 aliphatic carbocycles. The summed E-state index contributed by atoms with van der Waals surface area (Å²) < 4.78 is 12.3. The maximum absolute atomic E-state index is 12.4. The highest BCUT2D eigenvalue weighted by molar-refractivity contribution is 6.00. The summed E-state index contributed by atoms with van der Waals surface area (Å²) in [4.78, 5) is 24.3. The SMILES string of the molecule is Cc1oc(-n2cccc2)c(C#N)c1C(=O)NCC(=O)NCc1ccco1. The van der Waals surface area contributed by atoms with E-state index in [0.717, 1.165) is 0 Å². The first-order chi connectivity index (χ1) is 12.6. The van der Waals surface area contributed by atoms with Gasteiger partial charge in [-0.3, -0.25) is 14.2 Å². The quantitative estimate of drug-likeness (QED) is 0.703. The Kier molecular flexibility index (Phi) is 4.90. The molecule has 0 atom stereocenters. The number of hydrogen-bond acceptors (Lipinski definition) is 5. The summed E-state index contributed by atoms with van der Waals surface area (Å²) in [5.74, 6) is 0.258. The Morgan fingerprint density at radius 2 is 2.00 bits per heavy atom. The number of rotatable bonds is 6. The van der Waals surface area contributed by atoms with Gasteiger partial charge in [0.15, 0.2) is 0 Å². The number of aryl methyl sites for hydroxylation is 1. The van der Waals surface area contributed by atoms with Crippen LogP contribution in [0.3, 0.4) is 0 Å². The summed E-state index contributed by atoms with van der Waals surface area (Å²) in [5, 5.41) is 14.6. The second kappa shape index (κ2) is 7.44. The number of nitriles is 1. The molecule has 3 aromatic rings. The zero-order valence-electron chi connectivity index (χ0n) is 14.0. The predicted molar refractivity (Wildman–Crippen MR) is 90.4 cm³/mol. The van der Waals surface area contributed by atoms with Crippen molar-refractivity contribution in [3.8, 4) is 12.0 Å². The third-order valence-corrected chi connectivity index (χ3v) is 3.69. The van der Waals surface area contributed by atoms with Crippen LogP contribution in [0.2, 0.25) is 0 Å². The van der Waals surface area contributed by atoms with Gasteiger partial charge in [-0.1, -0.05) is 0 Å². The molecule has 0 saturated carbocycles. The number of furan rings is 2. The van der Waals surface area contributed by atoms with Crippen molar-refractivity contribution in [1.29, 1.82) is 5.26 Å². The first kappa shape index (κ1) is 17.1. The van der Waals surface area contributed by atoms with Gasteiger partial charge in [0.2, 0.25) is 11.8 Å². The fourth-order valence-corrected chi connectivity index (χ4v) is 2.47. The Balaban J connectivity index is 1.66. The van der Waals surface area contributed by atoms with E-state index in [-0.39, 0.29) is 36.0 Å². The van der Waals surface area contributed by atoms with E-state index in [4.69, 9.17) is 8.83 Å². The molecule has 0 aliphatic rings. The van der Waals surface area contributed by atoms with Crippen molar-refractivity contribution in [2.75, 3.05) is 6.54 Å². The third-order valence-electron chi connectivity index (χ3n) is 3.69. The lowest BCUT2D eigenvalue weighted by Crippen LogP contribution is -2.36. The number of nitrogens with zero attached hydrogens (tertiary/aromatic N) is 2. The number of carbonyl (C=O) groups excluding carboxylic acids is 2. The number of hydrogen-bond donors (Lipinski definition) is 2. The number of nitrogens with one attached hydrogen (secondary N) is 2. The van der Waals surface area contributed by atoms with E-state index >= 15 is 0 Å². The maximum atomic E-state index is 12.4. The van der Waals surface area contributed by atoms with Crippen LogP contribution < -0.4 is 10.6 Å². The Labute approximate surface area is 149 Å². The highest BCUT2D eigenvalue weighted by atomic mass is 16.4. The van der Waals surface area contributed by atoms with Crippen LogP contribution in [0.1, 0.15) is 27.4 Å². The summed E-state index contributed by atoms with van der Waals surface area (Å²) in [6.07, 6.45) is 4.93. The van der Waals surface area contributed by atoms with Gasteiger partial charge in [0.1, 0.15) is 28.7 Å². The minimum Gasteiger partial charge on any atom is -0.467 e. The standard InChI is InChI=1S/C18H16N4O4/c1-12-16(14(9-19)18(26-12)22-6-2-3-7-22)17(24)21-11-15(23)20-10-13-5-4-8-25-13/h2-8H,10-11H2,1H3,(H,20,23)(H,21,24). The average molecular weight is 352 g/mol. The highest BCUT2D eigenvalue weighted by Gasteiger charge is 2.24. The van der Waals surface area contributed by atoms with Crippen LogP contribution in [0, 0.1) is 18.3 Å². The monoisotopic (exact) mass is 352 g/mol. The Hall–Kier alpha value is -3.73. The molecule has 8 heteroatoms. The fourth-order valence-electron chi connectivity index (χ4n) is 2.47. The van der Waals surface area contributed by atoms with E-state index in [1.807, 2.05) is 6.07 Å². The van der Waals surface area contributed by atoms with Gasteiger partial charge in [-0.25, -0.2) is 0 Å². The zero-order chi connectivity index (χ0) is 18.5. The van der Waals surface area contributed by atoms with Crippen molar-refractivity contribution in [1.82, 2.24) is 15.2 Å². The van der Waals surface area contributed by atoms with Crippen molar-refractivity contribution < 1.29 is 18.4 Å². The molecule has 0 aliphatic heterocycles. The highest BCUT2D eigenvalue weighted by Crippen LogP contribution is 2.25. The van der Waals surface area contributed by atoms with E-state index in [0.29, 0.717) is 11.5 Å². The molecule has 2 N–H and O–H groups in total. The molecule has 0 unspecified atom stereocenters. The van der Waals surface area contributed by atoms with Crippen molar-refractivity contribution in [2.24, 2.45) is 0 Å². The second-order valence-electron chi connectivity index (χ2n) is 5.45. The van der Waals surface area contributed by atoms with Gasteiger partial charge < -0.3 is 19.5 Å². The maximum Gasteiger partial charge on any atom is 0.256 e. The molecule has 3 heterocycles. The largest absolute Gasteiger partial charge is 0.467 e. The molecule has 2 amide bonds.